The Kier molecular flexibility index (Phi) is 4.35. The smallest absolute Gasteiger partial charge is 0.335 e. The van der Waals surface area contributed by atoms with Crippen LogP contribution in [0.4, 0.5) is 5.69 Å². The van der Waals surface area contributed by atoms with Crippen LogP contribution in [0.2, 0.25) is 0 Å². The maximum Gasteiger partial charge on any atom is 0.335 e. The summed E-state index contributed by atoms with van der Waals surface area (Å²) in [6.45, 7) is 0. The fraction of sp³-hybridized carbons (Fsp3) is 0.105. The van der Waals surface area contributed by atoms with E-state index in [2.05, 4.69) is 4.98 Å². The van der Waals surface area contributed by atoms with Crippen LogP contribution in [0, 0.1) is 0 Å². The zero-order valence-electron chi connectivity index (χ0n) is 13.8. The van der Waals surface area contributed by atoms with Crippen molar-refractivity contribution >= 4 is 17.9 Å². The highest BCUT2D eigenvalue weighted by Gasteiger charge is 2.16. The molecule has 0 spiro atoms. The van der Waals surface area contributed by atoms with Gasteiger partial charge in [0.25, 0.3) is 0 Å². The minimum absolute atomic E-state index is 0.172. The summed E-state index contributed by atoms with van der Waals surface area (Å²) in [6, 6.07) is 13.7. The van der Waals surface area contributed by atoms with E-state index in [1.54, 1.807) is 12.1 Å². The van der Waals surface area contributed by atoms with Crippen molar-refractivity contribution in [2.24, 2.45) is 0 Å². The van der Waals surface area contributed by atoms with Crippen molar-refractivity contribution in [3.05, 3.63) is 59.8 Å². The van der Waals surface area contributed by atoms with Crippen molar-refractivity contribution in [1.29, 1.82) is 0 Å². The zero-order chi connectivity index (χ0) is 18.0. The molecule has 2 aromatic carbocycles. The summed E-state index contributed by atoms with van der Waals surface area (Å²) >= 11 is 0. The van der Waals surface area contributed by atoms with Crippen LogP contribution in [0.1, 0.15) is 20.8 Å². The molecule has 0 atom stereocenters. The molecule has 6 nitrogen and oxygen atoms in total. The highest BCUT2D eigenvalue weighted by molar-refractivity contribution is 5.88. The van der Waals surface area contributed by atoms with E-state index in [0.717, 1.165) is 11.3 Å². The van der Waals surface area contributed by atoms with E-state index in [0.29, 0.717) is 17.6 Å². The molecular formula is C19H16N2O4. The van der Waals surface area contributed by atoms with Crippen LogP contribution in [0.25, 0.3) is 22.8 Å². The van der Waals surface area contributed by atoms with E-state index in [1.807, 2.05) is 43.3 Å². The Labute approximate surface area is 144 Å². The second kappa shape index (κ2) is 6.60. The van der Waals surface area contributed by atoms with Crippen LogP contribution in [-0.4, -0.2) is 36.4 Å². The van der Waals surface area contributed by atoms with Crippen molar-refractivity contribution in [2.45, 2.75) is 0 Å². The standard InChI is InChI=1S/C19H16N2O4/c1-21(2)15-9-7-12(8-10-15)17-16(11-22)20-18(25-17)13-3-5-14(6-4-13)19(23)24/h3-11H,1-2H3,(H,23,24). The third-order valence-corrected chi connectivity index (χ3v) is 3.79. The maximum atomic E-state index is 11.4. The highest BCUT2D eigenvalue weighted by Crippen LogP contribution is 2.30. The summed E-state index contributed by atoms with van der Waals surface area (Å²) in [7, 11) is 3.89. The van der Waals surface area contributed by atoms with E-state index in [1.165, 1.54) is 12.1 Å². The van der Waals surface area contributed by atoms with Crippen molar-refractivity contribution in [2.75, 3.05) is 19.0 Å². The molecule has 6 heteroatoms. The Hall–Kier alpha value is -3.41. The number of hydrogen-bond donors (Lipinski definition) is 1. The van der Waals surface area contributed by atoms with Gasteiger partial charge in [0.15, 0.2) is 17.7 Å². The largest absolute Gasteiger partial charge is 0.478 e. The van der Waals surface area contributed by atoms with Gasteiger partial charge in [-0.3, -0.25) is 4.79 Å². The van der Waals surface area contributed by atoms with Gasteiger partial charge in [-0.05, 0) is 48.5 Å². The number of carboxylic acid groups (broad SMARTS) is 1. The number of carbonyl (C=O) groups excluding carboxylic acids is 1. The number of hydrogen-bond acceptors (Lipinski definition) is 5. The number of nitrogens with zero attached hydrogens (tertiary/aromatic N) is 2. The average molecular weight is 336 g/mol. The lowest BCUT2D eigenvalue weighted by molar-refractivity contribution is 0.0696. The lowest BCUT2D eigenvalue weighted by Gasteiger charge is -2.12. The Morgan fingerprint density at radius 1 is 1.04 bits per heavy atom. The SMILES string of the molecule is CN(C)c1ccc(-c2oc(-c3ccc(C(=O)O)cc3)nc2C=O)cc1. The molecule has 0 saturated carbocycles. The van der Waals surface area contributed by atoms with Crippen LogP contribution >= 0.6 is 0 Å². The molecule has 1 N–H and O–H groups in total. The van der Waals surface area contributed by atoms with Crippen LogP contribution in [0.5, 0.6) is 0 Å². The summed E-state index contributed by atoms with van der Waals surface area (Å²) in [5.74, 6) is -0.349. The summed E-state index contributed by atoms with van der Waals surface area (Å²) < 4.78 is 5.78. The van der Waals surface area contributed by atoms with E-state index in [4.69, 9.17) is 9.52 Å². The first kappa shape index (κ1) is 16.4. The van der Waals surface area contributed by atoms with Gasteiger partial charge in [0.2, 0.25) is 5.89 Å². The molecule has 0 fully saturated rings. The summed E-state index contributed by atoms with van der Waals surface area (Å²) in [6.07, 6.45) is 0.647. The third-order valence-electron chi connectivity index (χ3n) is 3.79. The Morgan fingerprint density at radius 2 is 1.64 bits per heavy atom. The van der Waals surface area contributed by atoms with Gasteiger partial charge >= 0.3 is 5.97 Å². The van der Waals surface area contributed by atoms with Crippen LogP contribution in [-0.2, 0) is 0 Å². The predicted octanol–water partition coefficient (Wildman–Crippen LogP) is 3.59. The topological polar surface area (TPSA) is 83.6 Å². The number of carboxylic acids is 1. The molecule has 0 saturated heterocycles. The number of aromatic nitrogens is 1. The summed E-state index contributed by atoms with van der Waals surface area (Å²) in [5.41, 5.74) is 2.75. The first-order valence-corrected chi connectivity index (χ1v) is 7.57. The fourth-order valence-corrected chi connectivity index (χ4v) is 2.41. The number of rotatable bonds is 5. The van der Waals surface area contributed by atoms with Gasteiger partial charge in [-0.2, -0.15) is 0 Å². The number of aromatic carboxylic acids is 1. The molecule has 0 unspecified atom stereocenters. The average Bonchev–Trinajstić information content (AvgIpc) is 3.06. The first-order chi connectivity index (χ1) is 12.0. The van der Waals surface area contributed by atoms with Crippen molar-refractivity contribution < 1.29 is 19.1 Å². The molecule has 3 rings (SSSR count). The normalized spacial score (nSPS) is 10.5. The second-order valence-electron chi connectivity index (χ2n) is 5.68. The minimum atomic E-state index is -1.01. The van der Waals surface area contributed by atoms with E-state index in [9.17, 15) is 9.59 Å². The van der Waals surface area contributed by atoms with E-state index in [-0.39, 0.29) is 17.1 Å². The number of anilines is 1. The number of oxazole rings is 1. The highest BCUT2D eigenvalue weighted by atomic mass is 16.4. The van der Waals surface area contributed by atoms with Gasteiger partial charge in [0.1, 0.15) is 0 Å². The fourth-order valence-electron chi connectivity index (χ4n) is 2.41. The van der Waals surface area contributed by atoms with E-state index >= 15 is 0 Å². The van der Waals surface area contributed by atoms with Gasteiger partial charge in [0.05, 0.1) is 5.56 Å². The monoisotopic (exact) mass is 336 g/mol. The Balaban J connectivity index is 1.99. The van der Waals surface area contributed by atoms with Crippen LogP contribution in [0.15, 0.2) is 52.9 Å². The summed E-state index contributed by atoms with van der Waals surface area (Å²) in [5, 5.41) is 8.95. The number of aldehydes is 1. The van der Waals surface area contributed by atoms with Gasteiger partial charge < -0.3 is 14.4 Å². The lowest BCUT2D eigenvalue weighted by atomic mass is 10.1. The Morgan fingerprint density at radius 3 is 2.16 bits per heavy atom. The number of benzene rings is 2. The van der Waals surface area contributed by atoms with Gasteiger partial charge in [0, 0.05) is 30.9 Å². The zero-order valence-corrected chi connectivity index (χ0v) is 13.8. The predicted molar refractivity (Wildman–Crippen MR) is 94.0 cm³/mol. The quantitative estimate of drug-likeness (QED) is 0.717. The van der Waals surface area contributed by atoms with Gasteiger partial charge in [-0.25, -0.2) is 9.78 Å². The molecule has 0 radical (unpaired) electrons. The molecular weight excluding hydrogens is 320 g/mol. The minimum Gasteiger partial charge on any atom is -0.478 e. The van der Waals surface area contributed by atoms with Gasteiger partial charge in [-0.1, -0.05) is 0 Å². The van der Waals surface area contributed by atoms with Crippen LogP contribution < -0.4 is 4.90 Å². The van der Waals surface area contributed by atoms with Crippen molar-refractivity contribution in [3.8, 4) is 22.8 Å². The second-order valence-corrected chi connectivity index (χ2v) is 5.68. The first-order valence-electron chi connectivity index (χ1n) is 7.57. The van der Waals surface area contributed by atoms with Crippen LogP contribution in [0.3, 0.4) is 0 Å². The summed E-state index contributed by atoms with van der Waals surface area (Å²) in [4.78, 5) is 28.5. The molecule has 0 aliphatic carbocycles. The third kappa shape index (κ3) is 3.28. The molecule has 3 aromatic rings. The number of carbonyl (C=O) groups is 2. The molecule has 0 aliphatic rings. The lowest BCUT2D eigenvalue weighted by Crippen LogP contribution is -2.07. The molecule has 0 aliphatic heterocycles. The Bertz CT molecular complexity index is 910. The molecule has 126 valence electrons. The molecule has 0 amide bonds. The maximum absolute atomic E-state index is 11.4. The molecule has 25 heavy (non-hydrogen) atoms. The molecule has 0 bridgehead atoms. The van der Waals surface area contributed by atoms with Crippen molar-refractivity contribution in [1.82, 2.24) is 4.98 Å². The molecule has 1 heterocycles. The van der Waals surface area contributed by atoms with E-state index < -0.39 is 5.97 Å². The van der Waals surface area contributed by atoms with Crippen molar-refractivity contribution in [3.63, 3.8) is 0 Å². The van der Waals surface area contributed by atoms with Gasteiger partial charge in [-0.15, -0.1) is 0 Å². The molecule has 1 aromatic heterocycles.